The third kappa shape index (κ3) is 5.13. The normalized spacial score (nSPS) is 24.7. The summed E-state index contributed by atoms with van der Waals surface area (Å²) < 4.78 is 6.25. The average Bonchev–Trinajstić information content (AvgIpc) is 3.58. The molecule has 5 nitrogen and oxygen atoms in total. The quantitative estimate of drug-likeness (QED) is 0.417. The van der Waals surface area contributed by atoms with Gasteiger partial charge in [-0.15, -0.1) is 0 Å². The molecule has 2 aromatic carbocycles. The van der Waals surface area contributed by atoms with Crippen LogP contribution in [0.3, 0.4) is 0 Å². The lowest BCUT2D eigenvalue weighted by atomic mass is 9.90. The van der Waals surface area contributed by atoms with E-state index in [4.69, 9.17) is 9.73 Å². The number of hydrogen-bond acceptors (Lipinski definition) is 5. The molecule has 1 saturated heterocycles. The zero-order chi connectivity index (χ0) is 23.6. The van der Waals surface area contributed by atoms with Crippen LogP contribution in [0.4, 0.5) is 0 Å². The zero-order valence-corrected chi connectivity index (χ0v) is 20.5. The van der Waals surface area contributed by atoms with Crippen molar-refractivity contribution in [1.82, 2.24) is 10.3 Å². The second-order valence-electron chi connectivity index (χ2n) is 9.72. The molecule has 2 heterocycles. The first-order valence-corrected chi connectivity index (χ1v) is 13.4. The van der Waals surface area contributed by atoms with Crippen LogP contribution in [0, 0.1) is 5.92 Å². The number of aliphatic imine (C=N–C) groups is 1. The number of hydrogen-bond donors (Lipinski definition) is 1. The van der Waals surface area contributed by atoms with Crippen LogP contribution >= 0.6 is 11.8 Å². The largest absolute Gasteiger partial charge is 0.493 e. The highest BCUT2D eigenvalue weighted by Gasteiger charge is 2.39. The lowest BCUT2D eigenvalue weighted by Crippen LogP contribution is -2.20. The first-order chi connectivity index (χ1) is 17.2. The van der Waals surface area contributed by atoms with Gasteiger partial charge in [0.05, 0.1) is 23.1 Å². The minimum Gasteiger partial charge on any atom is -0.493 e. The van der Waals surface area contributed by atoms with Crippen LogP contribution in [-0.4, -0.2) is 28.7 Å². The van der Waals surface area contributed by atoms with Crippen molar-refractivity contribution >= 4 is 39.8 Å². The van der Waals surface area contributed by atoms with Crippen LogP contribution in [0.5, 0.6) is 5.75 Å². The molecule has 1 N–H and O–H groups in total. The number of carbonyl (C=O) groups is 1. The fraction of sp³-hybridized carbons (Fsp3) is 0.345. The summed E-state index contributed by atoms with van der Waals surface area (Å²) in [6, 6.07) is 18.7. The van der Waals surface area contributed by atoms with Crippen LogP contribution in [0.15, 0.2) is 70.7 Å². The smallest absolute Gasteiger partial charge is 0.264 e. The van der Waals surface area contributed by atoms with Crippen molar-refractivity contribution in [2.24, 2.45) is 10.9 Å². The summed E-state index contributed by atoms with van der Waals surface area (Å²) in [5.74, 6) is 1.87. The van der Waals surface area contributed by atoms with Crippen molar-refractivity contribution in [1.29, 1.82) is 0 Å². The van der Waals surface area contributed by atoms with E-state index in [2.05, 4.69) is 40.6 Å². The number of nitrogens with zero attached hydrogens (tertiary/aromatic N) is 2. The second-order valence-corrected chi connectivity index (χ2v) is 10.8. The van der Waals surface area contributed by atoms with E-state index in [-0.39, 0.29) is 11.9 Å². The Balaban J connectivity index is 1.17. The Morgan fingerprint density at radius 3 is 2.80 bits per heavy atom. The van der Waals surface area contributed by atoms with Crippen LogP contribution in [-0.2, 0) is 4.79 Å². The van der Waals surface area contributed by atoms with E-state index >= 15 is 0 Å². The van der Waals surface area contributed by atoms with Crippen molar-refractivity contribution in [2.45, 2.75) is 50.5 Å². The average molecular weight is 484 g/mol. The van der Waals surface area contributed by atoms with Crippen molar-refractivity contribution in [3.8, 4) is 5.75 Å². The molecule has 6 rings (SSSR count). The predicted octanol–water partition coefficient (Wildman–Crippen LogP) is 6.31. The number of pyridine rings is 1. The molecule has 0 unspecified atom stereocenters. The summed E-state index contributed by atoms with van der Waals surface area (Å²) in [5.41, 5.74) is 3.18. The molecular formula is C29H29N3O2S. The van der Waals surface area contributed by atoms with E-state index in [0.29, 0.717) is 21.9 Å². The number of carbonyl (C=O) groups excluding carboxylic acids is 1. The first kappa shape index (κ1) is 22.4. The first-order valence-electron chi connectivity index (χ1n) is 12.6. The maximum absolute atomic E-state index is 12.6. The van der Waals surface area contributed by atoms with Gasteiger partial charge >= 0.3 is 0 Å². The third-order valence-corrected chi connectivity index (χ3v) is 8.07. The summed E-state index contributed by atoms with van der Waals surface area (Å²) >= 11 is 1.42. The summed E-state index contributed by atoms with van der Waals surface area (Å²) in [4.78, 5) is 22.6. The predicted molar refractivity (Wildman–Crippen MR) is 143 cm³/mol. The van der Waals surface area contributed by atoms with Crippen molar-refractivity contribution in [3.05, 3.63) is 76.8 Å². The molecule has 2 saturated carbocycles. The molecule has 3 aromatic rings. The number of thioether (sulfide) groups is 1. The fourth-order valence-corrected chi connectivity index (χ4v) is 5.97. The molecule has 1 aliphatic heterocycles. The van der Waals surface area contributed by atoms with Gasteiger partial charge < -0.3 is 10.1 Å². The molecule has 1 amide bonds. The number of fused-ring (bicyclic) bond motifs is 1. The number of nitrogens with one attached hydrogen (secondary N) is 1. The lowest BCUT2D eigenvalue weighted by molar-refractivity contribution is -0.115. The van der Waals surface area contributed by atoms with Crippen molar-refractivity contribution < 1.29 is 9.53 Å². The second kappa shape index (κ2) is 9.86. The Morgan fingerprint density at radius 2 is 1.94 bits per heavy atom. The summed E-state index contributed by atoms with van der Waals surface area (Å²) in [6.07, 6.45) is 11.2. The number of amides is 1. The molecule has 6 heteroatoms. The van der Waals surface area contributed by atoms with E-state index in [9.17, 15) is 4.79 Å². The Morgan fingerprint density at radius 1 is 1.09 bits per heavy atom. The molecule has 1 aromatic heterocycles. The number of aromatic nitrogens is 1. The van der Waals surface area contributed by atoms with E-state index in [1.165, 1.54) is 49.4 Å². The number of rotatable bonds is 6. The van der Waals surface area contributed by atoms with E-state index in [1.807, 2.05) is 30.3 Å². The van der Waals surface area contributed by atoms with Gasteiger partial charge in [-0.2, -0.15) is 0 Å². The topological polar surface area (TPSA) is 63.6 Å². The molecular weight excluding hydrogens is 454 g/mol. The highest BCUT2D eigenvalue weighted by molar-refractivity contribution is 8.18. The summed E-state index contributed by atoms with van der Waals surface area (Å²) in [6.45, 7) is 0.758. The number of amidine groups is 1. The SMILES string of the molecule is O=C1NC(=N[C@H]2C[C@@H]2c2ccccc2)S/C1=C\c1ccc2nccc(OCC3CCCCC3)c2c1. The molecule has 0 radical (unpaired) electrons. The Hall–Kier alpha value is -3.12. The van der Waals surface area contributed by atoms with Gasteiger partial charge in [-0.05, 0) is 72.3 Å². The molecule has 2 aliphatic carbocycles. The molecule has 3 fully saturated rings. The Labute approximate surface area is 210 Å². The van der Waals surface area contributed by atoms with Gasteiger partial charge in [0.25, 0.3) is 5.91 Å². The van der Waals surface area contributed by atoms with Gasteiger partial charge in [0, 0.05) is 17.5 Å². The maximum atomic E-state index is 12.6. The van der Waals surface area contributed by atoms with Gasteiger partial charge in [0.1, 0.15) is 5.75 Å². The maximum Gasteiger partial charge on any atom is 0.264 e. The standard InChI is InChI=1S/C29H29N3O2S/c33-28-27(35-29(32-28)31-25-17-22(25)21-9-5-2-6-10-21)16-20-11-12-24-23(15-20)26(13-14-30-24)34-18-19-7-3-1-4-8-19/h2,5-6,9-16,19,22,25H,1,3-4,7-8,17-18H2,(H,31,32,33)/b27-16-/t22-,25+/m1/s1. The van der Waals surface area contributed by atoms with Gasteiger partial charge in [-0.3, -0.25) is 14.8 Å². The van der Waals surface area contributed by atoms with Crippen molar-refractivity contribution in [2.75, 3.05) is 6.61 Å². The monoisotopic (exact) mass is 483 g/mol. The Bertz CT molecular complexity index is 1300. The summed E-state index contributed by atoms with van der Waals surface area (Å²) in [5, 5.41) is 4.62. The van der Waals surface area contributed by atoms with Gasteiger partial charge in [0.15, 0.2) is 5.17 Å². The molecule has 35 heavy (non-hydrogen) atoms. The highest BCUT2D eigenvalue weighted by Crippen LogP contribution is 2.44. The molecule has 0 spiro atoms. The minimum atomic E-state index is -0.0919. The van der Waals surface area contributed by atoms with E-state index in [0.717, 1.165) is 35.2 Å². The van der Waals surface area contributed by atoms with Crippen LogP contribution < -0.4 is 10.1 Å². The van der Waals surface area contributed by atoms with Crippen LogP contribution in [0.25, 0.3) is 17.0 Å². The Kier molecular flexibility index (Phi) is 6.30. The summed E-state index contributed by atoms with van der Waals surface area (Å²) in [7, 11) is 0. The molecule has 178 valence electrons. The van der Waals surface area contributed by atoms with Crippen molar-refractivity contribution in [3.63, 3.8) is 0 Å². The fourth-order valence-electron chi connectivity index (χ4n) is 5.09. The zero-order valence-electron chi connectivity index (χ0n) is 19.7. The van der Waals surface area contributed by atoms with Gasteiger partial charge in [-0.25, -0.2) is 0 Å². The minimum absolute atomic E-state index is 0.0919. The van der Waals surface area contributed by atoms with Gasteiger partial charge in [-0.1, -0.05) is 55.7 Å². The van der Waals surface area contributed by atoms with Crippen LogP contribution in [0.1, 0.15) is 55.6 Å². The third-order valence-electron chi connectivity index (χ3n) is 7.14. The molecule has 2 atom stereocenters. The van der Waals surface area contributed by atoms with Crippen LogP contribution in [0.2, 0.25) is 0 Å². The van der Waals surface area contributed by atoms with E-state index < -0.39 is 0 Å². The molecule has 0 bridgehead atoms. The number of ether oxygens (including phenoxy) is 1. The van der Waals surface area contributed by atoms with E-state index in [1.54, 1.807) is 6.20 Å². The lowest BCUT2D eigenvalue weighted by Gasteiger charge is -2.22. The number of benzene rings is 2. The highest BCUT2D eigenvalue weighted by atomic mass is 32.2. The van der Waals surface area contributed by atoms with Gasteiger partial charge in [0.2, 0.25) is 0 Å². The molecule has 3 aliphatic rings.